The van der Waals surface area contributed by atoms with Gasteiger partial charge in [0.05, 0.1) is 11.9 Å². The summed E-state index contributed by atoms with van der Waals surface area (Å²) in [6, 6.07) is 3.15. The summed E-state index contributed by atoms with van der Waals surface area (Å²) in [4.78, 5) is 21.2. The Kier molecular flexibility index (Phi) is 1.98. The van der Waals surface area contributed by atoms with Crippen molar-refractivity contribution in [3.8, 4) is 11.4 Å². The second-order valence-electron chi connectivity index (χ2n) is 2.68. The van der Waals surface area contributed by atoms with Gasteiger partial charge >= 0.3 is 5.97 Å². The number of aromatic amines is 1. The van der Waals surface area contributed by atoms with Crippen LogP contribution in [0.25, 0.3) is 11.4 Å². The third-order valence-corrected chi connectivity index (χ3v) is 1.76. The summed E-state index contributed by atoms with van der Waals surface area (Å²) < 4.78 is 0. The Labute approximate surface area is 79.5 Å². The van der Waals surface area contributed by atoms with Crippen molar-refractivity contribution < 1.29 is 9.90 Å². The summed E-state index contributed by atoms with van der Waals surface area (Å²) in [5.74, 6) is -0.986. The normalized spacial score (nSPS) is 10.0. The van der Waals surface area contributed by atoms with Crippen LogP contribution in [0.3, 0.4) is 0 Å². The first kappa shape index (κ1) is 8.43. The Hall–Kier alpha value is -2.17. The molecule has 0 atom stereocenters. The van der Waals surface area contributed by atoms with Crippen LogP contribution in [0.1, 0.15) is 10.5 Å². The van der Waals surface area contributed by atoms with E-state index in [1.165, 1.54) is 6.07 Å². The van der Waals surface area contributed by atoms with Crippen LogP contribution in [-0.2, 0) is 0 Å². The van der Waals surface area contributed by atoms with Crippen LogP contribution in [0.2, 0.25) is 0 Å². The molecule has 2 heterocycles. The molecule has 0 fully saturated rings. The number of nitrogens with zero attached hydrogens (tertiary/aromatic N) is 2. The van der Waals surface area contributed by atoms with E-state index in [2.05, 4.69) is 15.0 Å². The van der Waals surface area contributed by atoms with Gasteiger partial charge in [-0.15, -0.1) is 0 Å². The first-order chi connectivity index (χ1) is 6.77. The highest BCUT2D eigenvalue weighted by atomic mass is 16.4. The average molecular weight is 189 g/mol. The highest BCUT2D eigenvalue weighted by Gasteiger charge is 2.07. The van der Waals surface area contributed by atoms with Gasteiger partial charge in [-0.25, -0.2) is 4.79 Å². The first-order valence-corrected chi connectivity index (χ1v) is 3.96. The molecular formula is C9H7N3O2. The van der Waals surface area contributed by atoms with Gasteiger partial charge in [0, 0.05) is 12.4 Å². The average Bonchev–Trinajstić information content (AvgIpc) is 2.68. The SMILES string of the molecule is O=C(O)c1ccc(-c2cnccn2)[nH]1. The molecular weight excluding hydrogens is 182 g/mol. The van der Waals surface area contributed by atoms with E-state index in [0.717, 1.165) is 0 Å². The van der Waals surface area contributed by atoms with Gasteiger partial charge < -0.3 is 10.1 Å². The molecule has 0 aliphatic carbocycles. The van der Waals surface area contributed by atoms with Crippen LogP contribution in [0.4, 0.5) is 0 Å². The van der Waals surface area contributed by atoms with Crippen molar-refractivity contribution in [3.63, 3.8) is 0 Å². The molecule has 0 bridgehead atoms. The number of aromatic nitrogens is 3. The number of carboxylic acid groups (broad SMARTS) is 1. The van der Waals surface area contributed by atoms with Gasteiger partial charge in [-0.05, 0) is 12.1 Å². The minimum atomic E-state index is -0.986. The van der Waals surface area contributed by atoms with Crippen molar-refractivity contribution in [1.29, 1.82) is 0 Å². The number of nitrogens with one attached hydrogen (secondary N) is 1. The maximum Gasteiger partial charge on any atom is 0.352 e. The largest absolute Gasteiger partial charge is 0.477 e. The van der Waals surface area contributed by atoms with Gasteiger partial charge in [0.2, 0.25) is 0 Å². The molecule has 0 spiro atoms. The van der Waals surface area contributed by atoms with E-state index in [0.29, 0.717) is 11.4 Å². The predicted molar refractivity (Wildman–Crippen MR) is 48.8 cm³/mol. The van der Waals surface area contributed by atoms with Crippen LogP contribution in [0.5, 0.6) is 0 Å². The van der Waals surface area contributed by atoms with Crippen molar-refractivity contribution in [2.24, 2.45) is 0 Å². The van der Waals surface area contributed by atoms with Gasteiger partial charge in [0.25, 0.3) is 0 Å². The Balaban J connectivity index is 2.39. The molecule has 2 aromatic rings. The fraction of sp³-hybridized carbons (Fsp3) is 0. The van der Waals surface area contributed by atoms with E-state index in [9.17, 15) is 4.79 Å². The quantitative estimate of drug-likeness (QED) is 0.743. The molecule has 2 N–H and O–H groups in total. The third kappa shape index (κ3) is 1.47. The molecule has 2 aromatic heterocycles. The number of H-pyrrole nitrogens is 1. The minimum absolute atomic E-state index is 0.144. The number of aromatic carboxylic acids is 1. The van der Waals surface area contributed by atoms with Crippen molar-refractivity contribution in [2.75, 3.05) is 0 Å². The highest BCUT2D eigenvalue weighted by Crippen LogP contribution is 2.14. The molecule has 5 heteroatoms. The fourth-order valence-electron chi connectivity index (χ4n) is 1.11. The molecule has 0 unspecified atom stereocenters. The summed E-state index contributed by atoms with van der Waals surface area (Å²) in [5, 5.41) is 8.68. The lowest BCUT2D eigenvalue weighted by atomic mass is 10.3. The summed E-state index contributed by atoms with van der Waals surface area (Å²) in [7, 11) is 0. The second-order valence-corrected chi connectivity index (χ2v) is 2.68. The smallest absolute Gasteiger partial charge is 0.352 e. The monoisotopic (exact) mass is 189 g/mol. The summed E-state index contributed by atoms with van der Waals surface area (Å²) >= 11 is 0. The minimum Gasteiger partial charge on any atom is -0.477 e. The van der Waals surface area contributed by atoms with Gasteiger partial charge in [0.1, 0.15) is 11.4 Å². The number of hydrogen-bond donors (Lipinski definition) is 2. The Morgan fingerprint density at radius 2 is 2.21 bits per heavy atom. The second kappa shape index (κ2) is 3.29. The topological polar surface area (TPSA) is 78.9 Å². The van der Waals surface area contributed by atoms with Crippen LogP contribution >= 0.6 is 0 Å². The van der Waals surface area contributed by atoms with E-state index in [1.807, 2.05) is 0 Å². The fourth-order valence-corrected chi connectivity index (χ4v) is 1.11. The Morgan fingerprint density at radius 1 is 1.36 bits per heavy atom. The van der Waals surface area contributed by atoms with Gasteiger partial charge in [-0.3, -0.25) is 9.97 Å². The van der Waals surface area contributed by atoms with Gasteiger partial charge in [0.15, 0.2) is 0 Å². The molecule has 70 valence electrons. The van der Waals surface area contributed by atoms with Crippen molar-refractivity contribution >= 4 is 5.97 Å². The Bertz CT molecular complexity index is 450. The molecule has 0 radical (unpaired) electrons. The van der Waals surface area contributed by atoms with E-state index in [-0.39, 0.29) is 5.69 Å². The first-order valence-electron chi connectivity index (χ1n) is 3.96. The van der Waals surface area contributed by atoms with Gasteiger partial charge in [-0.2, -0.15) is 0 Å². The Morgan fingerprint density at radius 3 is 2.79 bits per heavy atom. The summed E-state index contributed by atoms with van der Waals surface area (Å²) in [6.07, 6.45) is 4.68. The lowest BCUT2D eigenvalue weighted by Gasteiger charge is -1.93. The van der Waals surface area contributed by atoms with Crippen LogP contribution in [0.15, 0.2) is 30.7 Å². The lowest BCUT2D eigenvalue weighted by Crippen LogP contribution is -1.95. The highest BCUT2D eigenvalue weighted by molar-refractivity contribution is 5.86. The van der Waals surface area contributed by atoms with E-state index >= 15 is 0 Å². The van der Waals surface area contributed by atoms with Crippen LogP contribution in [-0.4, -0.2) is 26.0 Å². The number of rotatable bonds is 2. The van der Waals surface area contributed by atoms with E-state index in [4.69, 9.17) is 5.11 Å². The zero-order valence-electron chi connectivity index (χ0n) is 7.14. The predicted octanol–water partition coefficient (Wildman–Crippen LogP) is 1.17. The van der Waals surface area contributed by atoms with Crippen molar-refractivity contribution in [1.82, 2.24) is 15.0 Å². The summed E-state index contributed by atoms with van der Waals surface area (Å²) in [6.45, 7) is 0. The molecule has 2 rings (SSSR count). The van der Waals surface area contributed by atoms with Crippen molar-refractivity contribution in [2.45, 2.75) is 0 Å². The molecule has 0 amide bonds. The molecule has 0 saturated carbocycles. The zero-order chi connectivity index (χ0) is 9.97. The van der Waals surface area contributed by atoms with Crippen molar-refractivity contribution in [3.05, 3.63) is 36.4 Å². The summed E-state index contributed by atoms with van der Waals surface area (Å²) in [5.41, 5.74) is 1.42. The number of hydrogen-bond acceptors (Lipinski definition) is 3. The van der Waals surface area contributed by atoms with E-state index < -0.39 is 5.97 Å². The molecule has 0 aliphatic rings. The molecule has 14 heavy (non-hydrogen) atoms. The number of carboxylic acids is 1. The molecule has 0 saturated heterocycles. The number of carbonyl (C=O) groups is 1. The molecule has 5 nitrogen and oxygen atoms in total. The molecule has 0 aromatic carbocycles. The third-order valence-electron chi connectivity index (χ3n) is 1.76. The standard InChI is InChI=1S/C9H7N3O2/c13-9(14)7-2-1-6(12-7)8-5-10-3-4-11-8/h1-5,12H,(H,13,14). The molecule has 0 aliphatic heterocycles. The van der Waals surface area contributed by atoms with Crippen LogP contribution in [0, 0.1) is 0 Å². The van der Waals surface area contributed by atoms with Gasteiger partial charge in [-0.1, -0.05) is 0 Å². The maximum atomic E-state index is 10.6. The maximum absolute atomic E-state index is 10.6. The van der Waals surface area contributed by atoms with Crippen LogP contribution < -0.4 is 0 Å². The van der Waals surface area contributed by atoms with E-state index in [1.54, 1.807) is 24.7 Å². The zero-order valence-corrected chi connectivity index (χ0v) is 7.14. The lowest BCUT2D eigenvalue weighted by molar-refractivity contribution is 0.0691.